The first-order valence-corrected chi connectivity index (χ1v) is 7.29. The SMILES string of the molecule is CN1C2CCC1CN(c1ccc(CCl)cn1)CC2. The van der Waals surface area contributed by atoms with Crippen molar-refractivity contribution in [2.45, 2.75) is 37.2 Å². The van der Waals surface area contributed by atoms with Crippen LogP contribution in [0.5, 0.6) is 0 Å². The van der Waals surface area contributed by atoms with Gasteiger partial charge in [0.25, 0.3) is 0 Å². The molecule has 2 bridgehead atoms. The second-order valence-corrected chi connectivity index (χ2v) is 5.71. The summed E-state index contributed by atoms with van der Waals surface area (Å²) >= 11 is 5.80. The molecule has 0 N–H and O–H groups in total. The first kappa shape index (κ1) is 12.2. The molecule has 0 spiro atoms. The van der Waals surface area contributed by atoms with E-state index in [9.17, 15) is 0 Å². The van der Waals surface area contributed by atoms with Crippen LogP contribution in [0.25, 0.3) is 0 Å². The molecule has 0 amide bonds. The van der Waals surface area contributed by atoms with E-state index in [2.05, 4.69) is 34.0 Å². The summed E-state index contributed by atoms with van der Waals surface area (Å²) in [5, 5.41) is 0. The standard InChI is InChI=1S/C14H20ClN3/c1-17-12-3-4-13(17)10-18(7-6-12)14-5-2-11(8-15)9-16-14/h2,5,9,12-13H,3-4,6-8,10H2,1H3. The Balaban J connectivity index is 1.76. The van der Waals surface area contributed by atoms with Crippen molar-refractivity contribution >= 4 is 17.4 Å². The molecular formula is C14H20ClN3. The average molecular weight is 266 g/mol. The van der Waals surface area contributed by atoms with E-state index in [1.54, 1.807) is 0 Å². The lowest BCUT2D eigenvalue weighted by molar-refractivity contribution is 0.254. The average Bonchev–Trinajstić information content (AvgIpc) is 2.64. The number of anilines is 1. The van der Waals surface area contributed by atoms with Gasteiger partial charge in [-0.1, -0.05) is 6.07 Å². The molecule has 2 aliphatic rings. The van der Waals surface area contributed by atoms with Gasteiger partial charge in [-0.25, -0.2) is 4.98 Å². The number of likely N-dealkylation sites (N-methyl/N-ethyl adjacent to an activating group) is 1. The molecule has 0 radical (unpaired) electrons. The Morgan fingerprint density at radius 2 is 2.11 bits per heavy atom. The van der Waals surface area contributed by atoms with Crippen molar-refractivity contribution in [3.05, 3.63) is 23.9 Å². The lowest BCUT2D eigenvalue weighted by Gasteiger charge is -2.26. The van der Waals surface area contributed by atoms with Crippen LogP contribution in [0.15, 0.2) is 18.3 Å². The van der Waals surface area contributed by atoms with Gasteiger partial charge in [-0.3, -0.25) is 4.90 Å². The van der Waals surface area contributed by atoms with Gasteiger partial charge in [0, 0.05) is 37.3 Å². The predicted octanol–water partition coefficient (Wildman–Crippen LogP) is 2.49. The van der Waals surface area contributed by atoms with E-state index in [-0.39, 0.29) is 0 Å². The highest BCUT2D eigenvalue weighted by Gasteiger charge is 2.34. The molecule has 0 aromatic carbocycles. The van der Waals surface area contributed by atoms with Gasteiger partial charge in [0.1, 0.15) is 5.82 Å². The molecule has 4 heteroatoms. The van der Waals surface area contributed by atoms with Crippen molar-refractivity contribution < 1.29 is 0 Å². The van der Waals surface area contributed by atoms with Crippen LogP contribution in [0.2, 0.25) is 0 Å². The Bertz CT molecular complexity index is 406. The molecule has 3 nitrogen and oxygen atoms in total. The summed E-state index contributed by atoms with van der Waals surface area (Å²) in [4.78, 5) is 9.54. The topological polar surface area (TPSA) is 19.4 Å². The quantitative estimate of drug-likeness (QED) is 0.766. The summed E-state index contributed by atoms with van der Waals surface area (Å²) in [5.41, 5.74) is 1.09. The van der Waals surface area contributed by atoms with E-state index in [0.29, 0.717) is 11.9 Å². The van der Waals surface area contributed by atoms with Crippen molar-refractivity contribution in [2.24, 2.45) is 0 Å². The molecule has 0 aliphatic carbocycles. The number of hydrogen-bond acceptors (Lipinski definition) is 3. The summed E-state index contributed by atoms with van der Waals surface area (Å²) in [6.07, 6.45) is 5.85. The smallest absolute Gasteiger partial charge is 0.128 e. The second kappa shape index (κ2) is 5.06. The van der Waals surface area contributed by atoms with Gasteiger partial charge in [0.05, 0.1) is 0 Å². The Kier molecular flexibility index (Phi) is 3.44. The molecule has 98 valence electrons. The molecule has 2 unspecified atom stereocenters. The van der Waals surface area contributed by atoms with Crippen LogP contribution in [0, 0.1) is 0 Å². The molecule has 2 aliphatic heterocycles. The first-order valence-electron chi connectivity index (χ1n) is 6.75. The zero-order valence-electron chi connectivity index (χ0n) is 10.8. The highest BCUT2D eigenvalue weighted by atomic mass is 35.5. The fourth-order valence-electron chi connectivity index (χ4n) is 3.20. The number of halogens is 1. The normalized spacial score (nSPS) is 28.4. The van der Waals surface area contributed by atoms with Crippen LogP contribution < -0.4 is 4.90 Å². The van der Waals surface area contributed by atoms with Gasteiger partial charge < -0.3 is 4.90 Å². The monoisotopic (exact) mass is 265 g/mol. The molecule has 1 aromatic heterocycles. The highest BCUT2D eigenvalue weighted by Crippen LogP contribution is 2.30. The Morgan fingerprint density at radius 1 is 1.28 bits per heavy atom. The molecule has 3 heterocycles. The minimum Gasteiger partial charge on any atom is -0.355 e. The summed E-state index contributed by atoms with van der Waals surface area (Å²) in [6, 6.07) is 5.67. The molecule has 1 aromatic rings. The number of rotatable bonds is 2. The minimum absolute atomic E-state index is 0.542. The number of nitrogens with zero attached hydrogens (tertiary/aromatic N) is 3. The molecule has 2 atom stereocenters. The first-order chi connectivity index (χ1) is 8.78. The van der Waals surface area contributed by atoms with Gasteiger partial charge in [-0.2, -0.15) is 0 Å². The van der Waals surface area contributed by atoms with Crippen LogP contribution in [0.1, 0.15) is 24.8 Å². The Morgan fingerprint density at radius 3 is 2.83 bits per heavy atom. The number of pyridine rings is 1. The van der Waals surface area contributed by atoms with E-state index in [0.717, 1.165) is 30.5 Å². The Labute approximate surface area is 114 Å². The molecule has 2 fully saturated rings. The van der Waals surface area contributed by atoms with Gasteiger partial charge in [-0.05, 0) is 37.9 Å². The van der Waals surface area contributed by atoms with Crippen molar-refractivity contribution in [2.75, 3.05) is 25.0 Å². The fourth-order valence-corrected chi connectivity index (χ4v) is 3.36. The predicted molar refractivity (Wildman–Crippen MR) is 75.2 cm³/mol. The molecular weight excluding hydrogens is 246 g/mol. The van der Waals surface area contributed by atoms with E-state index in [1.165, 1.54) is 19.3 Å². The summed E-state index contributed by atoms with van der Waals surface area (Å²) in [5.74, 6) is 1.64. The van der Waals surface area contributed by atoms with Gasteiger partial charge >= 0.3 is 0 Å². The lowest BCUT2D eigenvalue weighted by atomic mass is 10.1. The summed E-state index contributed by atoms with van der Waals surface area (Å²) in [7, 11) is 2.27. The van der Waals surface area contributed by atoms with Gasteiger partial charge in [0.2, 0.25) is 0 Å². The second-order valence-electron chi connectivity index (χ2n) is 5.44. The van der Waals surface area contributed by atoms with Crippen molar-refractivity contribution in [3.8, 4) is 0 Å². The maximum atomic E-state index is 5.80. The van der Waals surface area contributed by atoms with Crippen LogP contribution >= 0.6 is 11.6 Å². The van der Waals surface area contributed by atoms with E-state index < -0.39 is 0 Å². The van der Waals surface area contributed by atoms with Crippen LogP contribution in [-0.2, 0) is 5.88 Å². The van der Waals surface area contributed by atoms with Crippen molar-refractivity contribution in [3.63, 3.8) is 0 Å². The number of hydrogen-bond donors (Lipinski definition) is 0. The van der Waals surface area contributed by atoms with E-state index in [1.807, 2.05) is 6.20 Å². The van der Waals surface area contributed by atoms with E-state index >= 15 is 0 Å². The van der Waals surface area contributed by atoms with Gasteiger partial charge in [-0.15, -0.1) is 11.6 Å². The summed E-state index contributed by atoms with van der Waals surface area (Å²) in [6.45, 7) is 2.24. The zero-order valence-corrected chi connectivity index (χ0v) is 11.6. The third-order valence-electron chi connectivity index (χ3n) is 4.44. The maximum Gasteiger partial charge on any atom is 0.128 e. The number of fused-ring (bicyclic) bond motifs is 2. The molecule has 18 heavy (non-hydrogen) atoms. The highest BCUT2D eigenvalue weighted by molar-refractivity contribution is 6.17. The van der Waals surface area contributed by atoms with Crippen LogP contribution in [0.3, 0.4) is 0 Å². The number of alkyl halides is 1. The van der Waals surface area contributed by atoms with E-state index in [4.69, 9.17) is 11.6 Å². The third kappa shape index (κ3) is 2.21. The van der Waals surface area contributed by atoms with Crippen molar-refractivity contribution in [1.82, 2.24) is 9.88 Å². The Hall–Kier alpha value is -0.800. The maximum absolute atomic E-state index is 5.80. The number of aromatic nitrogens is 1. The largest absolute Gasteiger partial charge is 0.355 e. The zero-order chi connectivity index (χ0) is 12.5. The van der Waals surface area contributed by atoms with Crippen LogP contribution in [-0.4, -0.2) is 42.1 Å². The lowest BCUT2D eigenvalue weighted by Crippen LogP contribution is -2.36. The minimum atomic E-state index is 0.542. The molecule has 0 saturated carbocycles. The third-order valence-corrected chi connectivity index (χ3v) is 4.74. The van der Waals surface area contributed by atoms with Crippen molar-refractivity contribution in [1.29, 1.82) is 0 Å². The van der Waals surface area contributed by atoms with Crippen LogP contribution in [0.4, 0.5) is 5.82 Å². The van der Waals surface area contributed by atoms with Gasteiger partial charge in [0.15, 0.2) is 0 Å². The molecule has 3 rings (SSSR count). The molecule has 2 saturated heterocycles. The fraction of sp³-hybridized carbons (Fsp3) is 0.643. The summed E-state index contributed by atoms with van der Waals surface area (Å²) < 4.78 is 0.